The Morgan fingerprint density at radius 1 is 1.24 bits per heavy atom. The van der Waals surface area contributed by atoms with Crippen LogP contribution in [0.5, 0.6) is 11.5 Å². The second-order valence-electron chi connectivity index (χ2n) is 5.29. The fourth-order valence-corrected chi connectivity index (χ4v) is 2.25. The smallest absolute Gasteiger partial charge is 0.262 e. The van der Waals surface area contributed by atoms with Crippen LogP contribution in [0.4, 0.5) is 5.69 Å². The molecule has 8 nitrogen and oxygen atoms in total. The summed E-state index contributed by atoms with van der Waals surface area (Å²) in [5.74, 6) is 0.857. The van der Waals surface area contributed by atoms with Gasteiger partial charge in [-0.25, -0.2) is 4.68 Å². The molecule has 1 aromatic heterocycles. The van der Waals surface area contributed by atoms with Gasteiger partial charge in [0, 0.05) is 6.07 Å². The van der Waals surface area contributed by atoms with E-state index < -0.39 is 0 Å². The number of aromatic nitrogens is 4. The minimum absolute atomic E-state index is 0.129. The lowest BCUT2D eigenvalue weighted by molar-refractivity contribution is -0.118. The number of anilines is 1. The number of ether oxygens (including phenoxy) is 2. The lowest BCUT2D eigenvalue weighted by Gasteiger charge is -2.12. The number of tetrazole rings is 1. The number of nitrogens with one attached hydrogen (secondary N) is 1. The van der Waals surface area contributed by atoms with Gasteiger partial charge in [-0.3, -0.25) is 4.79 Å². The van der Waals surface area contributed by atoms with Gasteiger partial charge in [-0.15, -0.1) is 5.10 Å². The molecule has 3 aromatic rings. The molecule has 0 bridgehead atoms. The normalized spacial score (nSPS) is 10.3. The molecule has 2 aromatic carbocycles. The monoisotopic (exact) mass is 339 g/mol. The van der Waals surface area contributed by atoms with Crippen LogP contribution in [0, 0.1) is 6.92 Å². The van der Waals surface area contributed by atoms with Crippen LogP contribution in [0.25, 0.3) is 5.69 Å². The number of benzene rings is 2. The van der Waals surface area contributed by atoms with Gasteiger partial charge in [0.2, 0.25) is 0 Å². The van der Waals surface area contributed by atoms with Gasteiger partial charge in [-0.05, 0) is 47.2 Å². The molecule has 0 unspecified atom stereocenters. The Kier molecular flexibility index (Phi) is 4.89. The molecule has 1 N–H and O–H groups in total. The molecule has 3 rings (SSSR count). The maximum atomic E-state index is 12.1. The number of rotatable bonds is 6. The summed E-state index contributed by atoms with van der Waals surface area (Å²) in [5.41, 5.74) is 2.37. The molecule has 128 valence electrons. The second kappa shape index (κ2) is 7.43. The first-order valence-corrected chi connectivity index (χ1v) is 7.56. The van der Waals surface area contributed by atoms with E-state index in [9.17, 15) is 4.79 Å². The van der Waals surface area contributed by atoms with Crippen LogP contribution in [-0.2, 0) is 4.79 Å². The molecule has 0 aliphatic heterocycles. The van der Waals surface area contributed by atoms with Gasteiger partial charge >= 0.3 is 0 Å². The molecule has 0 atom stereocenters. The number of hydrogen-bond acceptors (Lipinski definition) is 6. The largest absolute Gasteiger partial charge is 0.495 e. The number of amides is 1. The molecule has 25 heavy (non-hydrogen) atoms. The number of carbonyl (C=O) groups is 1. The van der Waals surface area contributed by atoms with E-state index in [-0.39, 0.29) is 12.5 Å². The summed E-state index contributed by atoms with van der Waals surface area (Å²) in [7, 11) is 1.56. The summed E-state index contributed by atoms with van der Waals surface area (Å²) in [6.45, 7) is 1.81. The molecule has 8 heteroatoms. The zero-order valence-corrected chi connectivity index (χ0v) is 13.8. The molecule has 0 spiro atoms. The molecule has 1 amide bonds. The standard InChI is InChI=1S/C17H17N5O3/c1-12-6-7-16(24-2)15(8-12)19-17(23)10-25-14-5-3-4-13(9-14)22-11-18-20-21-22/h3-9,11H,10H2,1-2H3,(H,19,23). The lowest BCUT2D eigenvalue weighted by Crippen LogP contribution is -2.20. The van der Waals surface area contributed by atoms with Crippen molar-refractivity contribution in [3.63, 3.8) is 0 Å². The summed E-state index contributed by atoms with van der Waals surface area (Å²) in [5, 5.41) is 13.8. The Hall–Kier alpha value is -3.42. The average Bonchev–Trinajstić information content (AvgIpc) is 3.15. The van der Waals surface area contributed by atoms with E-state index in [1.807, 2.05) is 25.1 Å². The van der Waals surface area contributed by atoms with Crippen LogP contribution in [0.3, 0.4) is 0 Å². The zero-order valence-electron chi connectivity index (χ0n) is 13.8. The molecule has 0 saturated heterocycles. The van der Waals surface area contributed by atoms with E-state index in [1.54, 1.807) is 31.4 Å². The molecule has 0 saturated carbocycles. The van der Waals surface area contributed by atoms with Crippen molar-refractivity contribution >= 4 is 11.6 Å². The number of methoxy groups -OCH3 is 1. The van der Waals surface area contributed by atoms with Crippen LogP contribution in [0.1, 0.15) is 5.56 Å². The van der Waals surface area contributed by atoms with Gasteiger partial charge < -0.3 is 14.8 Å². The minimum Gasteiger partial charge on any atom is -0.495 e. The van der Waals surface area contributed by atoms with Crippen molar-refractivity contribution < 1.29 is 14.3 Å². The van der Waals surface area contributed by atoms with Gasteiger partial charge in [0.15, 0.2) is 6.61 Å². The van der Waals surface area contributed by atoms with Crippen molar-refractivity contribution in [3.05, 3.63) is 54.4 Å². The van der Waals surface area contributed by atoms with Crippen LogP contribution >= 0.6 is 0 Å². The Morgan fingerprint density at radius 2 is 2.12 bits per heavy atom. The molecule has 0 aliphatic carbocycles. The fourth-order valence-electron chi connectivity index (χ4n) is 2.25. The molecule has 1 heterocycles. The van der Waals surface area contributed by atoms with Crippen molar-refractivity contribution in [1.82, 2.24) is 20.2 Å². The van der Waals surface area contributed by atoms with E-state index in [2.05, 4.69) is 20.8 Å². The summed E-state index contributed by atoms with van der Waals surface area (Å²) < 4.78 is 12.3. The quantitative estimate of drug-likeness (QED) is 0.738. The van der Waals surface area contributed by atoms with E-state index in [1.165, 1.54) is 11.0 Å². The third-order valence-corrected chi connectivity index (χ3v) is 3.43. The van der Waals surface area contributed by atoms with Crippen LogP contribution < -0.4 is 14.8 Å². The maximum absolute atomic E-state index is 12.1. The molecule has 0 fully saturated rings. The number of aryl methyl sites for hydroxylation is 1. The van der Waals surface area contributed by atoms with Gasteiger partial charge in [-0.1, -0.05) is 12.1 Å². The van der Waals surface area contributed by atoms with Gasteiger partial charge in [0.25, 0.3) is 5.91 Å². The van der Waals surface area contributed by atoms with Crippen LogP contribution in [0.15, 0.2) is 48.8 Å². The maximum Gasteiger partial charge on any atom is 0.262 e. The van der Waals surface area contributed by atoms with E-state index in [0.717, 1.165) is 11.3 Å². The van der Waals surface area contributed by atoms with Crippen molar-refractivity contribution in [1.29, 1.82) is 0 Å². The minimum atomic E-state index is -0.281. The highest BCUT2D eigenvalue weighted by Gasteiger charge is 2.09. The van der Waals surface area contributed by atoms with Crippen molar-refractivity contribution in [2.24, 2.45) is 0 Å². The number of nitrogens with zero attached hydrogens (tertiary/aromatic N) is 4. The first-order chi connectivity index (χ1) is 12.2. The highest BCUT2D eigenvalue weighted by molar-refractivity contribution is 5.93. The molecule has 0 radical (unpaired) electrons. The Morgan fingerprint density at radius 3 is 2.88 bits per heavy atom. The third-order valence-electron chi connectivity index (χ3n) is 3.43. The molecular weight excluding hydrogens is 322 g/mol. The third kappa shape index (κ3) is 4.11. The Bertz CT molecular complexity index is 864. The van der Waals surface area contributed by atoms with Gasteiger partial charge in [0.1, 0.15) is 17.8 Å². The number of hydrogen-bond donors (Lipinski definition) is 1. The predicted octanol–water partition coefficient (Wildman–Crippen LogP) is 2.00. The van der Waals surface area contributed by atoms with E-state index >= 15 is 0 Å². The predicted molar refractivity (Wildman–Crippen MR) is 91.0 cm³/mol. The Labute approximate surface area is 144 Å². The summed E-state index contributed by atoms with van der Waals surface area (Å²) in [6.07, 6.45) is 1.48. The number of carbonyl (C=O) groups excluding carboxylic acids is 1. The highest BCUT2D eigenvalue weighted by atomic mass is 16.5. The SMILES string of the molecule is COc1ccc(C)cc1NC(=O)COc1cccc(-n2cnnn2)c1. The summed E-state index contributed by atoms with van der Waals surface area (Å²) in [6, 6.07) is 12.7. The van der Waals surface area contributed by atoms with Crippen LogP contribution in [-0.4, -0.2) is 39.8 Å². The summed E-state index contributed by atoms with van der Waals surface area (Å²) in [4.78, 5) is 12.1. The topological polar surface area (TPSA) is 91.2 Å². The van der Waals surface area contributed by atoms with Crippen molar-refractivity contribution in [2.45, 2.75) is 6.92 Å². The first kappa shape index (κ1) is 16.4. The van der Waals surface area contributed by atoms with Crippen molar-refractivity contribution in [2.75, 3.05) is 19.0 Å². The Balaban J connectivity index is 1.63. The average molecular weight is 339 g/mol. The molecule has 0 aliphatic rings. The van der Waals surface area contributed by atoms with E-state index in [4.69, 9.17) is 9.47 Å². The zero-order chi connectivity index (χ0) is 17.6. The first-order valence-electron chi connectivity index (χ1n) is 7.56. The fraction of sp³-hybridized carbons (Fsp3) is 0.176. The van der Waals surface area contributed by atoms with Gasteiger partial charge in [-0.2, -0.15) is 0 Å². The van der Waals surface area contributed by atoms with Gasteiger partial charge in [0.05, 0.1) is 18.5 Å². The van der Waals surface area contributed by atoms with Crippen LogP contribution in [0.2, 0.25) is 0 Å². The summed E-state index contributed by atoms with van der Waals surface area (Å²) >= 11 is 0. The molecular formula is C17H17N5O3. The van der Waals surface area contributed by atoms with Crippen molar-refractivity contribution in [3.8, 4) is 17.2 Å². The lowest BCUT2D eigenvalue weighted by atomic mass is 10.2. The highest BCUT2D eigenvalue weighted by Crippen LogP contribution is 2.25. The van der Waals surface area contributed by atoms with E-state index in [0.29, 0.717) is 17.2 Å². The second-order valence-corrected chi connectivity index (χ2v) is 5.29.